The number of rotatable bonds is 5. The van der Waals surface area contributed by atoms with Crippen LogP contribution in [0.5, 0.6) is 5.75 Å². The predicted octanol–water partition coefficient (Wildman–Crippen LogP) is 4.57. The summed E-state index contributed by atoms with van der Waals surface area (Å²) in [5.41, 5.74) is 4.71. The normalized spacial score (nSPS) is 10.4. The molecule has 2 aromatic carbocycles. The number of aryl methyl sites for hydroxylation is 3. The zero-order valence-electron chi connectivity index (χ0n) is 14.5. The van der Waals surface area contributed by atoms with Crippen molar-refractivity contribution in [2.45, 2.75) is 33.8 Å². The van der Waals surface area contributed by atoms with Crippen molar-refractivity contribution in [1.82, 2.24) is 0 Å². The lowest BCUT2D eigenvalue weighted by Gasteiger charge is -2.22. The molecule has 1 N–H and O–H groups in total. The van der Waals surface area contributed by atoms with Gasteiger partial charge in [0.25, 0.3) is 5.17 Å². The molecule has 2 rings (SSSR count). The molecule has 128 valence electrons. The summed E-state index contributed by atoms with van der Waals surface area (Å²) in [6, 6.07) is 11.9. The molecule has 0 fully saturated rings. The van der Waals surface area contributed by atoms with Gasteiger partial charge in [0.15, 0.2) is 0 Å². The number of nitrogens with zero attached hydrogens (tertiary/aromatic N) is 1. The van der Waals surface area contributed by atoms with Crippen molar-refractivity contribution in [2.24, 2.45) is 0 Å². The number of benzene rings is 2. The first kappa shape index (κ1) is 18.2. The molecule has 0 atom stereocenters. The molecule has 24 heavy (non-hydrogen) atoms. The Labute approximate surface area is 148 Å². The highest BCUT2D eigenvalue weighted by Gasteiger charge is 2.18. The third-order valence-electron chi connectivity index (χ3n) is 3.86. The lowest BCUT2D eigenvalue weighted by Crippen LogP contribution is -2.28. The van der Waals surface area contributed by atoms with E-state index in [0.29, 0.717) is 12.3 Å². The van der Waals surface area contributed by atoms with Gasteiger partial charge < -0.3 is 9.47 Å². The number of para-hydroxylation sites is 1. The van der Waals surface area contributed by atoms with Gasteiger partial charge in [0.2, 0.25) is 0 Å². The van der Waals surface area contributed by atoms with Gasteiger partial charge in [-0.2, -0.15) is 5.06 Å². The van der Waals surface area contributed by atoms with Crippen LogP contribution < -0.4 is 9.80 Å². The molecular formula is C19H23NO3S. The number of anilines is 1. The lowest BCUT2D eigenvalue weighted by atomic mass is 10.1. The highest BCUT2D eigenvalue weighted by atomic mass is 32.1. The quantitative estimate of drug-likeness (QED) is 0.635. The Morgan fingerprint density at radius 3 is 2.50 bits per heavy atom. The number of hydroxylamine groups is 1. The van der Waals surface area contributed by atoms with Crippen LogP contribution in [0.25, 0.3) is 0 Å². The van der Waals surface area contributed by atoms with E-state index in [0.717, 1.165) is 33.9 Å². The van der Waals surface area contributed by atoms with Gasteiger partial charge in [0, 0.05) is 5.56 Å². The molecule has 0 spiro atoms. The molecule has 0 unspecified atom stereocenters. The Morgan fingerprint density at radius 2 is 1.88 bits per heavy atom. The van der Waals surface area contributed by atoms with Crippen LogP contribution in [0.15, 0.2) is 36.4 Å². The third kappa shape index (κ3) is 4.04. The van der Waals surface area contributed by atoms with Gasteiger partial charge in [0.1, 0.15) is 12.4 Å². The van der Waals surface area contributed by atoms with Crippen molar-refractivity contribution in [3.8, 4) is 5.75 Å². The number of thiocarbonyl (C=S) groups is 1. The fourth-order valence-corrected chi connectivity index (χ4v) is 2.70. The molecule has 2 aromatic rings. The van der Waals surface area contributed by atoms with E-state index in [1.165, 1.54) is 12.7 Å². The van der Waals surface area contributed by atoms with Gasteiger partial charge in [-0.15, -0.1) is 0 Å². The van der Waals surface area contributed by atoms with Gasteiger partial charge in [-0.3, -0.25) is 5.21 Å². The van der Waals surface area contributed by atoms with Crippen LogP contribution in [0, 0.1) is 13.8 Å². The molecule has 0 bridgehead atoms. The summed E-state index contributed by atoms with van der Waals surface area (Å²) in [6.45, 7) is 6.42. The highest BCUT2D eigenvalue weighted by Crippen LogP contribution is 2.28. The van der Waals surface area contributed by atoms with Crippen molar-refractivity contribution in [1.29, 1.82) is 0 Å². The number of methoxy groups -OCH3 is 1. The lowest BCUT2D eigenvalue weighted by molar-refractivity contribution is 0.263. The standard InChI is InChI=1S/C19H23NO3S/c1-5-15-7-6-8-16(18(15)20(21)19(24)22-4)12-23-17-10-9-13(2)11-14(17)3/h6-11,21H,5,12H2,1-4H3. The minimum atomic E-state index is 0.00339. The maximum atomic E-state index is 10.4. The highest BCUT2D eigenvalue weighted by molar-refractivity contribution is 7.80. The number of hydrogen-bond donors (Lipinski definition) is 1. The summed E-state index contributed by atoms with van der Waals surface area (Å²) in [7, 11) is 1.44. The Hall–Kier alpha value is -2.11. The second-order valence-corrected chi connectivity index (χ2v) is 5.97. The van der Waals surface area contributed by atoms with Gasteiger partial charge in [-0.05, 0) is 49.7 Å². The minimum absolute atomic E-state index is 0.00339. The van der Waals surface area contributed by atoms with E-state index >= 15 is 0 Å². The fraction of sp³-hybridized carbons (Fsp3) is 0.316. The molecule has 0 saturated heterocycles. The second-order valence-electron chi connectivity index (χ2n) is 5.62. The average Bonchev–Trinajstić information content (AvgIpc) is 2.59. The molecule has 0 aliphatic heterocycles. The van der Waals surface area contributed by atoms with E-state index in [4.69, 9.17) is 21.7 Å². The molecule has 0 amide bonds. The molecule has 0 aliphatic rings. The molecular weight excluding hydrogens is 322 g/mol. The van der Waals surface area contributed by atoms with Crippen molar-refractivity contribution in [3.63, 3.8) is 0 Å². The zero-order valence-corrected chi connectivity index (χ0v) is 15.3. The summed E-state index contributed by atoms with van der Waals surface area (Å²) in [5, 5.41) is 11.3. The molecule has 0 saturated carbocycles. The van der Waals surface area contributed by atoms with E-state index in [1.54, 1.807) is 0 Å². The summed E-state index contributed by atoms with van der Waals surface area (Å²) in [6.07, 6.45) is 0.760. The maximum absolute atomic E-state index is 10.4. The molecule has 4 nitrogen and oxygen atoms in total. The van der Waals surface area contributed by atoms with Crippen LogP contribution in [-0.4, -0.2) is 17.5 Å². The monoisotopic (exact) mass is 345 g/mol. The van der Waals surface area contributed by atoms with E-state index < -0.39 is 0 Å². The third-order valence-corrected chi connectivity index (χ3v) is 4.20. The summed E-state index contributed by atoms with van der Waals surface area (Å²) in [4.78, 5) is 0. The molecule has 0 heterocycles. The van der Waals surface area contributed by atoms with Crippen LogP contribution in [0.3, 0.4) is 0 Å². The summed E-state index contributed by atoms with van der Waals surface area (Å²) in [5.74, 6) is 0.826. The van der Waals surface area contributed by atoms with Crippen LogP contribution >= 0.6 is 12.2 Å². The van der Waals surface area contributed by atoms with Gasteiger partial charge in [0.05, 0.1) is 12.8 Å². The second kappa shape index (κ2) is 8.13. The van der Waals surface area contributed by atoms with Gasteiger partial charge >= 0.3 is 0 Å². The number of ether oxygens (including phenoxy) is 2. The zero-order chi connectivity index (χ0) is 17.7. The van der Waals surface area contributed by atoms with Crippen molar-refractivity contribution < 1.29 is 14.7 Å². The first-order valence-corrected chi connectivity index (χ1v) is 8.26. The average molecular weight is 345 g/mol. The van der Waals surface area contributed by atoms with Crippen LogP contribution in [0.4, 0.5) is 5.69 Å². The summed E-state index contributed by atoms with van der Waals surface area (Å²) >= 11 is 5.05. The first-order chi connectivity index (χ1) is 11.5. The molecule has 0 aromatic heterocycles. The van der Waals surface area contributed by atoms with Gasteiger partial charge in [-0.25, -0.2) is 0 Å². The van der Waals surface area contributed by atoms with Crippen molar-refractivity contribution in [2.75, 3.05) is 12.2 Å². The van der Waals surface area contributed by atoms with Crippen LogP contribution in [-0.2, 0) is 17.8 Å². The molecule has 0 radical (unpaired) electrons. The Balaban J connectivity index is 2.31. The SMILES string of the molecule is CCc1cccc(COc2ccc(C)cc2C)c1N(O)C(=S)OC. The molecule has 0 aliphatic carbocycles. The smallest absolute Gasteiger partial charge is 0.288 e. The van der Waals surface area contributed by atoms with E-state index in [1.807, 2.05) is 44.2 Å². The predicted molar refractivity (Wildman–Crippen MR) is 99.9 cm³/mol. The summed E-state index contributed by atoms with van der Waals surface area (Å²) < 4.78 is 10.9. The largest absolute Gasteiger partial charge is 0.489 e. The van der Waals surface area contributed by atoms with E-state index in [-0.39, 0.29) is 5.17 Å². The first-order valence-electron chi connectivity index (χ1n) is 7.85. The topological polar surface area (TPSA) is 41.9 Å². The van der Waals surface area contributed by atoms with Crippen molar-refractivity contribution in [3.05, 3.63) is 58.7 Å². The van der Waals surface area contributed by atoms with E-state index in [9.17, 15) is 5.21 Å². The van der Waals surface area contributed by atoms with Crippen molar-refractivity contribution >= 4 is 23.1 Å². The Morgan fingerprint density at radius 1 is 1.17 bits per heavy atom. The van der Waals surface area contributed by atoms with Crippen LogP contribution in [0.1, 0.15) is 29.2 Å². The molecule has 5 heteroatoms. The minimum Gasteiger partial charge on any atom is -0.489 e. The van der Waals surface area contributed by atoms with Crippen LogP contribution in [0.2, 0.25) is 0 Å². The van der Waals surface area contributed by atoms with E-state index in [2.05, 4.69) is 13.0 Å². The Bertz CT molecular complexity index is 731. The maximum Gasteiger partial charge on any atom is 0.288 e. The van der Waals surface area contributed by atoms with Gasteiger partial charge in [-0.1, -0.05) is 42.8 Å². The Kier molecular flexibility index (Phi) is 6.17. The number of hydrogen-bond acceptors (Lipinski definition) is 4. The fourth-order valence-electron chi connectivity index (χ4n) is 2.61.